The van der Waals surface area contributed by atoms with Crippen LogP contribution >= 0.6 is 15.9 Å². The van der Waals surface area contributed by atoms with E-state index < -0.39 is 0 Å². The molecule has 5 nitrogen and oxygen atoms in total. The Morgan fingerprint density at radius 1 is 1.35 bits per heavy atom. The summed E-state index contributed by atoms with van der Waals surface area (Å²) >= 11 is 3.54. The highest BCUT2D eigenvalue weighted by atomic mass is 79.9. The van der Waals surface area contributed by atoms with Crippen molar-refractivity contribution in [3.05, 3.63) is 16.4 Å². The van der Waals surface area contributed by atoms with Crippen molar-refractivity contribution < 1.29 is 4.79 Å². The highest BCUT2D eigenvalue weighted by Gasteiger charge is 2.21. The minimum absolute atomic E-state index is 0.0893. The Hall–Kier alpha value is -0.880. The quantitative estimate of drug-likeness (QED) is 0.842. The Morgan fingerprint density at radius 2 is 2.10 bits per heavy atom. The van der Waals surface area contributed by atoms with E-state index in [9.17, 15) is 4.79 Å². The number of aryl methyl sites for hydroxylation is 1. The van der Waals surface area contributed by atoms with Crippen LogP contribution in [0.25, 0.3) is 0 Å². The number of amides is 1. The van der Waals surface area contributed by atoms with Crippen molar-refractivity contribution in [2.24, 2.45) is 13.0 Å². The van der Waals surface area contributed by atoms with Crippen LogP contribution in [0.2, 0.25) is 0 Å². The summed E-state index contributed by atoms with van der Waals surface area (Å²) in [6, 6.07) is 0. The number of rotatable bonds is 3. The van der Waals surface area contributed by atoms with Gasteiger partial charge < -0.3 is 4.90 Å². The van der Waals surface area contributed by atoms with Crippen LogP contribution in [-0.4, -0.2) is 51.7 Å². The molecular weight excluding hydrogens is 320 g/mol. The lowest BCUT2D eigenvalue weighted by molar-refractivity contribution is -0.134. The van der Waals surface area contributed by atoms with Gasteiger partial charge in [-0.3, -0.25) is 14.4 Å². The third kappa shape index (κ3) is 3.82. The number of carbonyl (C=O) groups is 1. The monoisotopic (exact) mass is 342 g/mol. The number of aromatic nitrogens is 2. The average molecular weight is 343 g/mol. The predicted molar refractivity (Wildman–Crippen MR) is 82.2 cm³/mol. The average Bonchev–Trinajstić information content (AvgIpc) is 2.60. The molecule has 6 heteroatoms. The van der Waals surface area contributed by atoms with Gasteiger partial charge in [-0.15, -0.1) is 0 Å². The maximum Gasteiger partial charge on any atom is 0.225 e. The fourth-order valence-corrected chi connectivity index (χ4v) is 3.04. The van der Waals surface area contributed by atoms with Gasteiger partial charge in [-0.1, -0.05) is 13.8 Å². The summed E-state index contributed by atoms with van der Waals surface area (Å²) in [5.41, 5.74) is 1.07. The highest BCUT2D eigenvalue weighted by molar-refractivity contribution is 9.10. The fourth-order valence-electron chi connectivity index (χ4n) is 2.54. The summed E-state index contributed by atoms with van der Waals surface area (Å²) in [6.45, 7) is 8.40. The van der Waals surface area contributed by atoms with E-state index in [1.54, 1.807) is 0 Å². The third-order valence-corrected chi connectivity index (χ3v) is 4.28. The molecule has 2 heterocycles. The molecule has 0 saturated carbocycles. The Kier molecular flexibility index (Phi) is 5.21. The van der Waals surface area contributed by atoms with Crippen LogP contribution in [0.3, 0.4) is 0 Å². The molecule has 1 amide bonds. The topological polar surface area (TPSA) is 41.4 Å². The van der Waals surface area contributed by atoms with Crippen LogP contribution in [0.15, 0.2) is 10.7 Å². The molecule has 1 saturated heterocycles. The first-order valence-electron chi connectivity index (χ1n) is 7.16. The Bertz CT molecular complexity index is 472. The van der Waals surface area contributed by atoms with Crippen molar-refractivity contribution in [2.75, 3.05) is 26.2 Å². The van der Waals surface area contributed by atoms with Gasteiger partial charge in [0.1, 0.15) is 0 Å². The van der Waals surface area contributed by atoms with Crippen molar-refractivity contribution in [1.29, 1.82) is 0 Å². The molecule has 0 unspecified atom stereocenters. The molecule has 112 valence electrons. The summed E-state index contributed by atoms with van der Waals surface area (Å²) in [6.07, 6.45) is 3.00. The van der Waals surface area contributed by atoms with Gasteiger partial charge in [0.05, 0.1) is 10.2 Å². The predicted octanol–water partition coefficient (Wildman–Crippen LogP) is 1.87. The van der Waals surface area contributed by atoms with E-state index in [2.05, 4.69) is 25.9 Å². The first-order valence-corrected chi connectivity index (χ1v) is 7.96. The molecule has 1 aromatic rings. The molecule has 0 spiro atoms. The molecule has 1 aromatic heterocycles. The zero-order valence-corrected chi connectivity index (χ0v) is 14.1. The lowest BCUT2D eigenvalue weighted by Gasteiger charge is -2.23. The molecular formula is C14H23BrN4O. The van der Waals surface area contributed by atoms with Gasteiger partial charge in [-0.2, -0.15) is 5.10 Å². The molecule has 0 aliphatic carbocycles. The Balaban J connectivity index is 1.93. The summed E-state index contributed by atoms with van der Waals surface area (Å²) in [5.74, 6) is 0.359. The SMILES string of the molecule is CC(C)C(=O)N1CCCN(Cc2nn(C)cc2Br)CC1. The van der Waals surface area contributed by atoms with Crippen LogP contribution in [0.5, 0.6) is 0 Å². The molecule has 1 aliphatic rings. The minimum Gasteiger partial charge on any atom is -0.341 e. The fraction of sp³-hybridized carbons (Fsp3) is 0.714. The third-order valence-electron chi connectivity index (χ3n) is 3.62. The number of nitrogens with zero attached hydrogens (tertiary/aromatic N) is 4. The second-order valence-corrected chi connectivity index (χ2v) is 6.56. The molecule has 1 fully saturated rings. The maximum atomic E-state index is 12.1. The van der Waals surface area contributed by atoms with Gasteiger partial charge >= 0.3 is 0 Å². The number of hydrogen-bond donors (Lipinski definition) is 0. The molecule has 2 rings (SSSR count). The molecule has 20 heavy (non-hydrogen) atoms. The van der Waals surface area contributed by atoms with E-state index >= 15 is 0 Å². The van der Waals surface area contributed by atoms with Crippen molar-refractivity contribution >= 4 is 21.8 Å². The molecule has 0 aromatic carbocycles. The normalized spacial score (nSPS) is 17.6. The summed E-state index contributed by atoms with van der Waals surface area (Å²) < 4.78 is 2.88. The van der Waals surface area contributed by atoms with Crippen LogP contribution in [-0.2, 0) is 18.4 Å². The first-order chi connectivity index (χ1) is 9.47. The van der Waals surface area contributed by atoms with Crippen molar-refractivity contribution in [1.82, 2.24) is 19.6 Å². The van der Waals surface area contributed by atoms with Gasteiger partial charge in [-0.05, 0) is 22.4 Å². The lowest BCUT2D eigenvalue weighted by atomic mass is 10.2. The second kappa shape index (κ2) is 6.72. The van der Waals surface area contributed by atoms with E-state index in [0.29, 0.717) is 0 Å². The van der Waals surface area contributed by atoms with Crippen LogP contribution in [0.4, 0.5) is 0 Å². The van der Waals surface area contributed by atoms with Gasteiger partial charge in [-0.25, -0.2) is 0 Å². The van der Waals surface area contributed by atoms with Gasteiger partial charge in [0.2, 0.25) is 5.91 Å². The number of carbonyl (C=O) groups excluding carboxylic acids is 1. The summed E-state index contributed by atoms with van der Waals surface area (Å²) in [5, 5.41) is 4.46. The van der Waals surface area contributed by atoms with E-state index in [4.69, 9.17) is 0 Å². The van der Waals surface area contributed by atoms with E-state index in [0.717, 1.165) is 49.3 Å². The lowest BCUT2D eigenvalue weighted by Crippen LogP contribution is -2.37. The van der Waals surface area contributed by atoms with Crippen LogP contribution < -0.4 is 0 Å². The number of halogens is 1. The van der Waals surface area contributed by atoms with Gasteiger partial charge in [0.25, 0.3) is 0 Å². The highest BCUT2D eigenvalue weighted by Crippen LogP contribution is 2.17. The standard InChI is InChI=1S/C14H23BrN4O/c1-11(2)14(20)19-6-4-5-18(7-8-19)10-13-12(15)9-17(3)16-13/h9,11H,4-8,10H2,1-3H3. The Morgan fingerprint density at radius 3 is 2.70 bits per heavy atom. The summed E-state index contributed by atoms with van der Waals surface area (Å²) in [4.78, 5) is 16.4. The molecule has 0 atom stereocenters. The van der Waals surface area contributed by atoms with Crippen molar-refractivity contribution in [3.8, 4) is 0 Å². The zero-order chi connectivity index (χ0) is 14.7. The van der Waals surface area contributed by atoms with E-state index in [1.807, 2.05) is 36.7 Å². The Labute approximate surface area is 129 Å². The molecule has 0 N–H and O–H groups in total. The van der Waals surface area contributed by atoms with E-state index in [-0.39, 0.29) is 11.8 Å². The second-order valence-electron chi connectivity index (χ2n) is 5.71. The van der Waals surface area contributed by atoms with Crippen LogP contribution in [0.1, 0.15) is 26.0 Å². The first kappa shape index (κ1) is 15.5. The van der Waals surface area contributed by atoms with E-state index in [1.165, 1.54) is 0 Å². The molecule has 0 bridgehead atoms. The zero-order valence-electron chi connectivity index (χ0n) is 12.5. The van der Waals surface area contributed by atoms with Crippen molar-refractivity contribution in [3.63, 3.8) is 0 Å². The van der Waals surface area contributed by atoms with Crippen molar-refractivity contribution in [2.45, 2.75) is 26.8 Å². The maximum absolute atomic E-state index is 12.1. The van der Waals surface area contributed by atoms with Gasteiger partial charge in [0.15, 0.2) is 0 Å². The minimum atomic E-state index is 0.0893. The smallest absolute Gasteiger partial charge is 0.225 e. The molecule has 0 radical (unpaired) electrons. The largest absolute Gasteiger partial charge is 0.341 e. The van der Waals surface area contributed by atoms with Crippen LogP contribution in [0, 0.1) is 5.92 Å². The molecule has 1 aliphatic heterocycles. The number of hydrogen-bond acceptors (Lipinski definition) is 3. The summed E-state index contributed by atoms with van der Waals surface area (Å²) in [7, 11) is 1.93. The van der Waals surface area contributed by atoms with Gasteiger partial charge in [0, 0.05) is 51.9 Å².